The fourth-order valence-electron chi connectivity index (χ4n) is 3.63. The van der Waals surface area contributed by atoms with Gasteiger partial charge in [0.1, 0.15) is 12.4 Å². The molecule has 0 saturated carbocycles. The van der Waals surface area contributed by atoms with Crippen LogP contribution in [0.2, 0.25) is 0 Å². The maximum absolute atomic E-state index is 12.8. The van der Waals surface area contributed by atoms with Crippen LogP contribution >= 0.6 is 15.9 Å². The standard InChI is InChI=1S/C22H15BrN2O2/c1-13-11-25-20-5-4-15(23)7-17(20)18-8-16(9-19(21(18)25)22(13)26)27-12-14-3-2-6-24-10-14/h2-11H,12H2,1H3. The van der Waals surface area contributed by atoms with E-state index >= 15 is 0 Å². The minimum Gasteiger partial charge on any atom is -0.489 e. The summed E-state index contributed by atoms with van der Waals surface area (Å²) in [5.74, 6) is 0.684. The molecule has 2 aromatic carbocycles. The smallest absolute Gasteiger partial charge is 0.192 e. The van der Waals surface area contributed by atoms with Crippen molar-refractivity contribution in [1.29, 1.82) is 0 Å². The number of fused-ring (bicyclic) bond motifs is 3. The number of aromatic nitrogens is 2. The van der Waals surface area contributed by atoms with Gasteiger partial charge >= 0.3 is 0 Å². The number of aryl methyl sites for hydroxylation is 1. The number of benzene rings is 2. The van der Waals surface area contributed by atoms with Crippen LogP contribution in [0.3, 0.4) is 0 Å². The Morgan fingerprint density at radius 2 is 1.96 bits per heavy atom. The number of ether oxygens (including phenoxy) is 1. The van der Waals surface area contributed by atoms with Crippen LogP contribution in [0.4, 0.5) is 0 Å². The number of hydrogen-bond acceptors (Lipinski definition) is 3. The zero-order chi connectivity index (χ0) is 18.5. The molecule has 0 unspecified atom stereocenters. The van der Waals surface area contributed by atoms with E-state index in [1.807, 2.05) is 43.5 Å². The molecule has 27 heavy (non-hydrogen) atoms. The van der Waals surface area contributed by atoms with E-state index in [9.17, 15) is 4.79 Å². The molecule has 132 valence electrons. The Hall–Kier alpha value is -2.92. The Morgan fingerprint density at radius 1 is 1.11 bits per heavy atom. The van der Waals surface area contributed by atoms with Crippen LogP contribution in [0.1, 0.15) is 11.1 Å². The summed E-state index contributed by atoms with van der Waals surface area (Å²) in [6, 6.07) is 13.9. The van der Waals surface area contributed by atoms with Crippen molar-refractivity contribution in [3.63, 3.8) is 0 Å². The highest BCUT2D eigenvalue weighted by molar-refractivity contribution is 9.10. The number of rotatable bonds is 3. The molecule has 0 saturated heterocycles. The van der Waals surface area contributed by atoms with Crippen LogP contribution in [0.5, 0.6) is 5.75 Å². The fraction of sp³-hybridized carbons (Fsp3) is 0.0909. The van der Waals surface area contributed by atoms with E-state index in [0.29, 0.717) is 23.3 Å². The van der Waals surface area contributed by atoms with Gasteiger partial charge in [0.15, 0.2) is 5.43 Å². The number of halogens is 1. The second-order valence-corrected chi connectivity index (χ2v) is 7.61. The lowest BCUT2D eigenvalue weighted by Gasteiger charge is -2.09. The molecule has 0 radical (unpaired) electrons. The predicted octanol–water partition coefficient (Wildman–Crippen LogP) is 5.09. The fourth-order valence-corrected chi connectivity index (χ4v) is 3.99. The van der Waals surface area contributed by atoms with Gasteiger partial charge in [-0.3, -0.25) is 9.78 Å². The van der Waals surface area contributed by atoms with Gasteiger partial charge in [-0.1, -0.05) is 22.0 Å². The van der Waals surface area contributed by atoms with E-state index in [4.69, 9.17) is 4.74 Å². The van der Waals surface area contributed by atoms with Crippen LogP contribution in [0, 0.1) is 6.92 Å². The minimum atomic E-state index is 0.0428. The maximum Gasteiger partial charge on any atom is 0.192 e. The van der Waals surface area contributed by atoms with Crippen molar-refractivity contribution in [2.45, 2.75) is 13.5 Å². The third-order valence-electron chi connectivity index (χ3n) is 4.89. The highest BCUT2D eigenvalue weighted by atomic mass is 79.9. The van der Waals surface area contributed by atoms with E-state index < -0.39 is 0 Å². The first kappa shape index (κ1) is 16.3. The van der Waals surface area contributed by atoms with Crippen molar-refractivity contribution in [3.8, 4) is 5.75 Å². The van der Waals surface area contributed by atoms with E-state index in [-0.39, 0.29) is 5.43 Å². The molecule has 0 aliphatic rings. The number of nitrogens with zero attached hydrogens (tertiary/aromatic N) is 2. The molecule has 5 heteroatoms. The van der Waals surface area contributed by atoms with Crippen LogP contribution < -0.4 is 10.2 Å². The summed E-state index contributed by atoms with van der Waals surface area (Å²) in [5, 5.41) is 2.79. The van der Waals surface area contributed by atoms with Crippen molar-refractivity contribution >= 4 is 43.1 Å². The van der Waals surface area contributed by atoms with Crippen molar-refractivity contribution < 1.29 is 4.74 Å². The lowest BCUT2D eigenvalue weighted by Crippen LogP contribution is -2.08. The SMILES string of the molecule is Cc1cn2c3ccc(Br)cc3c3cc(OCc4cccnc4)cc(c1=O)c32. The lowest BCUT2D eigenvalue weighted by molar-refractivity contribution is 0.306. The summed E-state index contributed by atoms with van der Waals surface area (Å²) < 4.78 is 9.11. The van der Waals surface area contributed by atoms with Crippen LogP contribution in [0.25, 0.3) is 27.2 Å². The van der Waals surface area contributed by atoms with Gasteiger partial charge in [0.2, 0.25) is 0 Å². The highest BCUT2D eigenvalue weighted by Gasteiger charge is 2.16. The Balaban J connectivity index is 1.77. The second kappa shape index (κ2) is 6.06. The zero-order valence-electron chi connectivity index (χ0n) is 14.6. The molecule has 0 spiro atoms. The van der Waals surface area contributed by atoms with E-state index in [0.717, 1.165) is 31.8 Å². The first-order chi connectivity index (χ1) is 13.1. The van der Waals surface area contributed by atoms with Gasteiger partial charge in [-0.2, -0.15) is 0 Å². The molecule has 0 atom stereocenters. The summed E-state index contributed by atoms with van der Waals surface area (Å²) in [6.07, 6.45) is 5.44. The molecule has 5 rings (SSSR count). The predicted molar refractivity (Wildman–Crippen MR) is 111 cm³/mol. The van der Waals surface area contributed by atoms with Gasteiger partial charge in [-0.15, -0.1) is 0 Å². The molecule has 0 bridgehead atoms. The Morgan fingerprint density at radius 3 is 2.78 bits per heavy atom. The molecule has 3 aromatic heterocycles. The van der Waals surface area contributed by atoms with E-state index in [1.54, 1.807) is 12.4 Å². The van der Waals surface area contributed by atoms with Gasteiger partial charge in [0.05, 0.1) is 16.4 Å². The van der Waals surface area contributed by atoms with Crippen molar-refractivity contribution in [2.24, 2.45) is 0 Å². The largest absolute Gasteiger partial charge is 0.489 e. The minimum absolute atomic E-state index is 0.0428. The lowest BCUT2D eigenvalue weighted by atomic mass is 10.1. The molecule has 3 heterocycles. The molecular weight excluding hydrogens is 404 g/mol. The van der Waals surface area contributed by atoms with E-state index in [2.05, 4.69) is 37.4 Å². The number of hydrogen-bond donors (Lipinski definition) is 0. The molecule has 4 nitrogen and oxygen atoms in total. The van der Waals surface area contributed by atoms with Crippen LogP contribution in [0.15, 0.2) is 70.3 Å². The van der Waals surface area contributed by atoms with E-state index in [1.165, 1.54) is 0 Å². The normalized spacial score (nSPS) is 11.6. The van der Waals surface area contributed by atoms with Crippen LogP contribution in [-0.2, 0) is 6.61 Å². The molecule has 5 aromatic rings. The maximum atomic E-state index is 12.8. The molecule has 0 aliphatic heterocycles. The van der Waals surface area contributed by atoms with Gasteiger partial charge in [0, 0.05) is 45.0 Å². The van der Waals surface area contributed by atoms with Gasteiger partial charge < -0.3 is 9.14 Å². The summed E-state index contributed by atoms with van der Waals surface area (Å²) in [7, 11) is 0. The zero-order valence-corrected chi connectivity index (χ0v) is 16.2. The molecule has 0 fully saturated rings. The van der Waals surface area contributed by atoms with Gasteiger partial charge in [0.25, 0.3) is 0 Å². The Labute approximate surface area is 163 Å². The van der Waals surface area contributed by atoms with Crippen molar-refractivity contribution in [3.05, 3.63) is 86.9 Å². The average molecular weight is 419 g/mol. The Bertz CT molecular complexity index is 1360. The first-order valence-corrected chi connectivity index (χ1v) is 9.43. The van der Waals surface area contributed by atoms with Gasteiger partial charge in [-0.05, 0) is 43.3 Å². The van der Waals surface area contributed by atoms with Crippen molar-refractivity contribution in [2.75, 3.05) is 0 Å². The molecule has 0 N–H and O–H groups in total. The summed E-state index contributed by atoms with van der Waals surface area (Å²) >= 11 is 3.56. The number of pyridine rings is 2. The quantitative estimate of drug-likeness (QED) is 0.409. The summed E-state index contributed by atoms with van der Waals surface area (Å²) in [6.45, 7) is 2.26. The second-order valence-electron chi connectivity index (χ2n) is 6.69. The average Bonchev–Trinajstić information content (AvgIpc) is 2.98. The van der Waals surface area contributed by atoms with Gasteiger partial charge in [-0.25, -0.2) is 0 Å². The highest BCUT2D eigenvalue weighted by Crippen LogP contribution is 2.35. The summed E-state index contributed by atoms with van der Waals surface area (Å²) in [4.78, 5) is 16.9. The third kappa shape index (κ3) is 2.58. The van der Waals surface area contributed by atoms with Crippen molar-refractivity contribution in [1.82, 2.24) is 9.38 Å². The topological polar surface area (TPSA) is 43.6 Å². The molecule has 0 amide bonds. The third-order valence-corrected chi connectivity index (χ3v) is 5.38. The van der Waals surface area contributed by atoms with Crippen LogP contribution in [-0.4, -0.2) is 9.38 Å². The molecular formula is C22H15BrN2O2. The first-order valence-electron chi connectivity index (χ1n) is 8.64. The Kier molecular flexibility index (Phi) is 3.65. The molecule has 0 aliphatic carbocycles. The monoisotopic (exact) mass is 418 g/mol. The summed E-state index contributed by atoms with van der Waals surface area (Å²) in [5.41, 5.74) is 3.76.